The predicted octanol–water partition coefficient (Wildman–Crippen LogP) is 4.65. The van der Waals surface area contributed by atoms with Gasteiger partial charge in [0, 0.05) is 19.3 Å². The smallest absolute Gasteiger partial charge is 0.248 e. The maximum Gasteiger partial charge on any atom is 0.248 e. The molecule has 5 fully saturated rings. The molecule has 2 bridgehead atoms. The van der Waals surface area contributed by atoms with Crippen LogP contribution in [0.2, 0.25) is 0 Å². The molecule has 3 N–H and O–H groups in total. The van der Waals surface area contributed by atoms with Crippen molar-refractivity contribution in [2.75, 3.05) is 0 Å². The van der Waals surface area contributed by atoms with E-state index in [1.54, 1.807) is 16.9 Å². The number of carbonyl (C=O) groups is 1. The molecule has 6 nitrogen and oxygen atoms in total. The van der Waals surface area contributed by atoms with E-state index in [0.29, 0.717) is 61.7 Å². The van der Waals surface area contributed by atoms with Gasteiger partial charge in [-0.05, 0) is 80.2 Å². The van der Waals surface area contributed by atoms with E-state index in [1.807, 2.05) is 6.07 Å². The Kier molecular flexibility index (Phi) is 5.21. The molecule has 2 heterocycles. The van der Waals surface area contributed by atoms with Crippen LogP contribution >= 0.6 is 0 Å². The number of halogens is 3. The molecule has 0 aromatic carbocycles. The Morgan fingerprint density at radius 1 is 1.15 bits per heavy atom. The van der Waals surface area contributed by atoms with E-state index >= 15 is 0 Å². The minimum Gasteiger partial charge on any atom is -0.349 e. The number of hydrogen-bond acceptors (Lipinski definition) is 4. The molecule has 2 aromatic heterocycles. The maximum atomic E-state index is 14.2. The van der Waals surface area contributed by atoms with Crippen molar-refractivity contribution in [2.45, 2.75) is 87.9 Å². The van der Waals surface area contributed by atoms with Crippen molar-refractivity contribution in [1.29, 1.82) is 0 Å². The highest BCUT2D eigenvalue weighted by atomic mass is 19.3. The molecule has 1 amide bonds. The summed E-state index contributed by atoms with van der Waals surface area (Å²) in [6, 6.07) is 1.40. The van der Waals surface area contributed by atoms with E-state index in [-0.39, 0.29) is 36.6 Å². The topological polar surface area (TPSA) is 85.3 Å². The summed E-state index contributed by atoms with van der Waals surface area (Å²) < 4.78 is 42.9. The average Bonchev–Trinajstić information content (AvgIpc) is 3.34. The van der Waals surface area contributed by atoms with Gasteiger partial charge in [0.25, 0.3) is 0 Å². The van der Waals surface area contributed by atoms with E-state index in [0.717, 1.165) is 18.4 Å². The second kappa shape index (κ2) is 7.93. The van der Waals surface area contributed by atoms with E-state index in [1.165, 1.54) is 0 Å². The van der Waals surface area contributed by atoms with E-state index in [9.17, 15) is 18.0 Å². The van der Waals surface area contributed by atoms with Gasteiger partial charge in [0.15, 0.2) is 5.65 Å². The zero-order chi connectivity index (χ0) is 23.7. The van der Waals surface area contributed by atoms with Crippen molar-refractivity contribution in [3.8, 4) is 0 Å². The molecule has 0 saturated heterocycles. The molecular formula is C25H32F3N5O. The molecule has 5 aliphatic carbocycles. The fourth-order valence-corrected chi connectivity index (χ4v) is 6.53. The molecular weight excluding hydrogens is 443 g/mol. The van der Waals surface area contributed by atoms with Gasteiger partial charge >= 0.3 is 0 Å². The minimum atomic E-state index is -2.58. The number of imidazole rings is 1. The number of rotatable bonds is 7. The van der Waals surface area contributed by atoms with Gasteiger partial charge in [0.2, 0.25) is 11.8 Å². The van der Waals surface area contributed by atoms with Crippen LogP contribution in [-0.2, 0) is 4.79 Å². The molecule has 7 rings (SSSR count). The highest BCUT2D eigenvalue weighted by Crippen LogP contribution is 2.59. The average molecular weight is 476 g/mol. The monoisotopic (exact) mass is 475 g/mol. The number of nitrogens with zero attached hydrogens (tertiary/aromatic N) is 3. The summed E-state index contributed by atoms with van der Waals surface area (Å²) in [7, 11) is 0. The molecule has 5 saturated carbocycles. The van der Waals surface area contributed by atoms with Gasteiger partial charge in [-0.25, -0.2) is 22.7 Å². The van der Waals surface area contributed by atoms with Crippen LogP contribution in [0.1, 0.15) is 87.5 Å². The standard InChI is InChI=1S/C25H32F3N5O/c26-24-9-16(18(10-24)11-24)8-21(34)32-23(15-1-2-15)17-7-20-31-19(13-33(20)30-12-17)22(29)14-3-5-25(27,28)6-4-14/h7,12-16,18,22-23H,1-6,8-11,29H2,(H,32,34)/t16?,18-,22-,23+,24+/m0/s1. The van der Waals surface area contributed by atoms with Crippen molar-refractivity contribution in [3.05, 3.63) is 29.7 Å². The summed E-state index contributed by atoms with van der Waals surface area (Å²) in [5.74, 6) is -1.74. The lowest BCUT2D eigenvalue weighted by Crippen LogP contribution is -2.32. The molecule has 2 aromatic rings. The second-order valence-corrected chi connectivity index (χ2v) is 11.3. The van der Waals surface area contributed by atoms with E-state index < -0.39 is 17.6 Å². The van der Waals surface area contributed by atoms with Crippen LogP contribution in [0.5, 0.6) is 0 Å². The first-order chi connectivity index (χ1) is 16.2. The first-order valence-corrected chi connectivity index (χ1v) is 12.6. The summed E-state index contributed by atoms with van der Waals surface area (Å²) in [5.41, 5.74) is 7.60. The first kappa shape index (κ1) is 22.3. The summed E-state index contributed by atoms with van der Waals surface area (Å²) in [5, 5.41) is 7.69. The normalized spacial score (nSPS) is 32.4. The van der Waals surface area contributed by atoms with Crippen LogP contribution in [0.4, 0.5) is 13.2 Å². The molecule has 184 valence electrons. The predicted molar refractivity (Wildman–Crippen MR) is 120 cm³/mol. The van der Waals surface area contributed by atoms with Crippen molar-refractivity contribution in [2.24, 2.45) is 29.4 Å². The zero-order valence-corrected chi connectivity index (χ0v) is 19.2. The Morgan fingerprint density at radius 2 is 1.88 bits per heavy atom. The lowest BCUT2D eigenvalue weighted by Gasteiger charge is -2.31. The molecule has 9 heteroatoms. The number of fused-ring (bicyclic) bond motifs is 2. The summed E-state index contributed by atoms with van der Waals surface area (Å²) in [4.78, 5) is 17.5. The molecule has 0 radical (unpaired) electrons. The van der Waals surface area contributed by atoms with E-state index in [4.69, 9.17) is 5.73 Å². The van der Waals surface area contributed by atoms with Crippen molar-refractivity contribution in [3.63, 3.8) is 0 Å². The molecule has 0 aliphatic heterocycles. The third-order valence-corrected chi connectivity index (χ3v) is 8.74. The van der Waals surface area contributed by atoms with Crippen LogP contribution in [0, 0.1) is 23.7 Å². The lowest BCUT2D eigenvalue weighted by atomic mass is 9.80. The second-order valence-electron chi connectivity index (χ2n) is 11.3. The summed E-state index contributed by atoms with van der Waals surface area (Å²) in [6.45, 7) is 0. The highest BCUT2D eigenvalue weighted by Gasteiger charge is 2.57. The van der Waals surface area contributed by atoms with Crippen molar-refractivity contribution in [1.82, 2.24) is 19.9 Å². The number of hydrogen-bond donors (Lipinski definition) is 2. The maximum absolute atomic E-state index is 14.2. The largest absolute Gasteiger partial charge is 0.349 e. The molecule has 5 aliphatic rings. The highest BCUT2D eigenvalue weighted by molar-refractivity contribution is 5.77. The van der Waals surface area contributed by atoms with Gasteiger partial charge in [-0.1, -0.05) is 0 Å². The van der Waals surface area contributed by atoms with Crippen molar-refractivity contribution >= 4 is 11.6 Å². The van der Waals surface area contributed by atoms with Gasteiger partial charge in [-0.3, -0.25) is 4.79 Å². The number of aromatic nitrogens is 3. The van der Waals surface area contributed by atoms with Gasteiger partial charge in [0.05, 0.1) is 30.2 Å². The molecule has 3 atom stereocenters. The van der Waals surface area contributed by atoms with Crippen LogP contribution in [0.25, 0.3) is 5.65 Å². The van der Waals surface area contributed by atoms with Crippen LogP contribution < -0.4 is 11.1 Å². The lowest BCUT2D eigenvalue weighted by molar-refractivity contribution is -0.123. The zero-order valence-electron chi connectivity index (χ0n) is 19.2. The Morgan fingerprint density at radius 3 is 2.53 bits per heavy atom. The third kappa shape index (κ3) is 4.20. The first-order valence-electron chi connectivity index (χ1n) is 12.6. The van der Waals surface area contributed by atoms with Gasteiger partial charge in [-0.15, -0.1) is 0 Å². The van der Waals surface area contributed by atoms with Gasteiger partial charge < -0.3 is 11.1 Å². The van der Waals surface area contributed by atoms with Crippen LogP contribution in [0.3, 0.4) is 0 Å². The number of nitrogens with one attached hydrogen (secondary N) is 1. The number of nitrogens with two attached hydrogens (primary N) is 1. The molecule has 34 heavy (non-hydrogen) atoms. The fraction of sp³-hybridized carbons (Fsp3) is 0.720. The summed E-state index contributed by atoms with van der Waals surface area (Å²) >= 11 is 0. The van der Waals surface area contributed by atoms with Gasteiger partial charge in [-0.2, -0.15) is 5.10 Å². The Bertz CT molecular complexity index is 1080. The number of amides is 1. The molecule has 0 spiro atoms. The SMILES string of the molecule is N[C@H](c1cn2ncc([C@H](NC(=O)CC3C[C@]4(F)C[C@@H]3C4)C3CC3)cc2n1)C1CCC(F)(F)CC1. The summed E-state index contributed by atoms with van der Waals surface area (Å²) in [6.07, 6.45) is 8.30. The van der Waals surface area contributed by atoms with Crippen LogP contribution in [0.15, 0.2) is 18.5 Å². The van der Waals surface area contributed by atoms with Crippen molar-refractivity contribution < 1.29 is 18.0 Å². The number of alkyl halides is 3. The fourth-order valence-electron chi connectivity index (χ4n) is 6.53. The molecule has 1 unspecified atom stereocenters. The van der Waals surface area contributed by atoms with E-state index in [2.05, 4.69) is 15.4 Å². The Hall–Kier alpha value is -2.16. The number of carbonyl (C=O) groups excluding carboxylic acids is 1. The minimum absolute atomic E-state index is 0.0157. The van der Waals surface area contributed by atoms with Gasteiger partial charge in [0.1, 0.15) is 5.67 Å². The Balaban J connectivity index is 1.15. The van der Waals surface area contributed by atoms with Crippen LogP contribution in [-0.4, -0.2) is 32.1 Å². The quantitative estimate of drug-likeness (QED) is 0.611. The Labute approximate surface area is 196 Å². The third-order valence-electron chi connectivity index (χ3n) is 8.74.